The number of aliphatic carboxylic acids is 2. The highest BCUT2D eigenvalue weighted by Gasteiger charge is 2.17. The summed E-state index contributed by atoms with van der Waals surface area (Å²) in [5.74, 6) is -3.05. The summed E-state index contributed by atoms with van der Waals surface area (Å²) in [6, 6.07) is -1.04. The first-order valence-corrected chi connectivity index (χ1v) is 4.56. The Morgan fingerprint density at radius 3 is 2.31 bits per heavy atom. The van der Waals surface area contributed by atoms with Crippen molar-refractivity contribution in [2.75, 3.05) is 0 Å². The molecule has 0 aromatic carbocycles. The highest BCUT2D eigenvalue weighted by Crippen LogP contribution is 1.97. The largest absolute Gasteiger partial charge is 0.481 e. The predicted octanol–water partition coefficient (Wildman–Crippen LogP) is -0.717. The Hall–Kier alpha value is -1.89. The Labute approximate surface area is 91.9 Å². The van der Waals surface area contributed by atoms with Crippen molar-refractivity contribution < 1.29 is 24.6 Å². The number of allylic oxidation sites excluding steroid dienone is 1. The fourth-order valence-corrected chi connectivity index (χ4v) is 0.885. The molecule has 0 aromatic rings. The number of carbonyl (C=O) groups excluding carboxylic acids is 1. The van der Waals surface area contributed by atoms with Gasteiger partial charge in [-0.2, -0.15) is 0 Å². The van der Waals surface area contributed by atoms with E-state index in [1.54, 1.807) is 0 Å². The second kappa shape index (κ2) is 6.57. The number of carboxylic acids is 2. The highest BCUT2D eigenvalue weighted by atomic mass is 16.4. The van der Waals surface area contributed by atoms with Crippen LogP contribution in [-0.2, 0) is 14.4 Å². The van der Waals surface area contributed by atoms with E-state index < -0.39 is 23.9 Å². The number of amides is 1. The molecule has 0 aliphatic rings. The standard InChI is InChI=1S/C9H14N2O5/c1-2-6(9(15)16)11-8(14)5(10)3-4-7(12)13/h2,5H,3-4,10H2,1H3,(H,11,14)(H,12,13)(H,15,16)/b6-2-/t5-/m0/s1. The quantitative estimate of drug-likeness (QED) is 0.446. The SMILES string of the molecule is C/C=C(\NC(=O)[C@@H](N)CCC(=O)O)C(=O)O. The Morgan fingerprint density at radius 1 is 1.38 bits per heavy atom. The fourth-order valence-electron chi connectivity index (χ4n) is 0.885. The number of nitrogens with two attached hydrogens (primary N) is 1. The maximum absolute atomic E-state index is 11.3. The van der Waals surface area contributed by atoms with Crippen LogP contribution in [0, 0.1) is 0 Å². The summed E-state index contributed by atoms with van der Waals surface area (Å²) < 4.78 is 0. The van der Waals surface area contributed by atoms with Crippen molar-refractivity contribution in [3.8, 4) is 0 Å². The summed E-state index contributed by atoms with van der Waals surface area (Å²) in [6.45, 7) is 1.45. The molecule has 16 heavy (non-hydrogen) atoms. The van der Waals surface area contributed by atoms with Crippen LogP contribution in [0.1, 0.15) is 19.8 Å². The normalized spacial score (nSPS) is 13.0. The molecule has 0 radical (unpaired) electrons. The Balaban J connectivity index is 4.24. The zero-order valence-corrected chi connectivity index (χ0v) is 8.77. The van der Waals surface area contributed by atoms with Crippen LogP contribution in [0.5, 0.6) is 0 Å². The van der Waals surface area contributed by atoms with Gasteiger partial charge in [-0.1, -0.05) is 6.08 Å². The molecule has 0 saturated heterocycles. The average Bonchev–Trinajstić information content (AvgIpc) is 2.21. The van der Waals surface area contributed by atoms with Gasteiger partial charge in [-0.3, -0.25) is 9.59 Å². The molecule has 0 aliphatic carbocycles. The summed E-state index contributed by atoms with van der Waals surface area (Å²) in [4.78, 5) is 32.1. The number of hydrogen-bond donors (Lipinski definition) is 4. The van der Waals surface area contributed by atoms with E-state index in [4.69, 9.17) is 15.9 Å². The Morgan fingerprint density at radius 2 is 1.94 bits per heavy atom. The lowest BCUT2D eigenvalue weighted by Gasteiger charge is -2.11. The first kappa shape index (κ1) is 14.1. The second-order valence-electron chi connectivity index (χ2n) is 3.04. The first-order chi connectivity index (χ1) is 7.38. The number of carbonyl (C=O) groups is 3. The lowest BCUT2D eigenvalue weighted by atomic mass is 10.1. The van der Waals surface area contributed by atoms with Gasteiger partial charge < -0.3 is 21.3 Å². The van der Waals surface area contributed by atoms with Crippen LogP contribution in [0.25, 0.3) is 0 Å². The number of carboxylic acid groups (broad SMARTS) is 2. The van der Waals surface area contributed by atoms with Gasteiger partial charge in [0.05, 0.1) is 6.04 Å². The van der Waals surface area contributed by atoms with Gasteiger partial charge in [0.1, 0.15) is 5.70 Å². The predicted molar refractivity (Wildman–Crippen MR) is 54.4 cm³/mol. The van der Waals surface area contributed by atoms with Crippen LogP contribution in [-0.4, -0.2) is 34.1 Å². The van der Waals surface area contributed by atoms with Gasteiger partial charge in [-0.15, -0.1) is 0 Å². The maximum Gasteiger partial charge on any atom is 0.352 e. The minimum atomic E-state index is -1.28. The molecular weight excluding hydrogens is 216 g/mol. The van der Waals surface area contributed by atoms with E-state index in [1.807, 2.05) is 0 Å². The molecule has 0 fully saturated rings. The molecule has 1 amide bonds. The zero-order chi connectivity index (χ0) is 12.7. The van der Waals surface area contributed by atoms with Crippen LogP contribution in [0.4, 0.5) is 0 Å². The third-order valence-electron chi connectivity index (χ3n) is 1.78. The molecule has 7 nitrogen and oxygen atoms in total. The zero-order valence-electron chi connectivity index (χ0n) is 8.77. The minimum Gasteiger partial charge on any atom is -0.481 e. The van der Waals surface area contributed by atoms with Crippen molar-refractivity contribution >= 4 is 17.8 Å². The van der Waals surface area contributed by atoms with E-state index in [-0.39, 0.29) is 18.5 Å². The molecule has 0 aliphatic heterocycles. The highest BCUT2D eigenvalue weighted by molar-refractivity contribution is 5.94. The molecule has 1 atom stereocenters. The Bertz CT molecular complexity index is 324. The molecule has 90 valence electrons. The lowest BCUT2D eigenvalue weighted by Crippen LogP contribution is -2.41. The maximum atomic E-state index is 11.3. The molecule has 5 N–H and O–H groups in total. The summed E-state index contributed by atoms with van der Waals surface area (Å²) in [7, 11) is 0. The van der Waals surface area contributed by atoms with Crippen molar-refractivity contribution in [3.63, 3.8) is 0 Å². The van der Waals surface area contributed by atoms with Crippen LogP contribution in [0.2, 0.25) is 0 Å². The molecular formula is C9H14N2O5. The van der Waals surface area contributed by atoms with Crippen LogP contribution < -0.4 is 11.1 Å². The van der Waals surface area contributed by atoms with Gasteiger partial charge in [-0.05, 0) is 13.3 Å². The molecule has 0 spiro atoms. The van der Waals surface area contributed by atoms with Crippen LogP contribution >= 0.6 is 0 Å². The minimum absolute atomic E-state index is 0.0439. The van der Waals surface area contributed by atoms with Crippen LogP contribution in [0.15, 0.2) is 11.8 Å². The molecule has 0 saturated carbocycles. The van der Waals surface area contributed by atoms with Gasteiger partial charge in [0.2, 0.25) is 5.91 Å². The summed E-state index contributed by atoms with van der Waals surface area (Å²) in [5.41, 5.74) is 5.09. The van der Waals surface area contributed by atoms with Crippen molar-refractivity contribution in [2.24, 2.45) is 5.73 Å². The van der Waals surface area contributed by atoms with Crippen molar-refractivity contribution in [2.45, 2.75) is 25.8 Å². The van der Waals surface area contributed by atoms with E-state index in [0.717, 1.165) is 0 Å². The lowest BCUT2D eigenvalue weighted by molar-refractivity contribution is -0.138. The first-order valence-electron chi connectivity index (χ1n) is 4.56. The number of hydrogen-bond acceptors (Lipinski definition) is 4. The molecule has 0 heterocycles. The third-order valence-corrected chi connectivity index (χ3v) is 1.78. The van der Waals surface area contributed by atoms with Gasteiger partial charge in [0, 0.05) is 6.42 Å². The van der Waals surface area contributed by atoms with Crippen molar-refractivity contribution in [1.29, 1.82) is 0 Å². The third kappa shape index (κ3) is 5.11. The Kier molecular flexibility index (Phi) is 5.79. The number of nitrogens with one attached hydrogen (secondary N) is 1. The monoisotopic (exact) mass is 230 g/mol. The van der Waals surface area contributed by atoms with E-state index >= 15 is 0 Å². The van der Waals surface area contributed by atoms with Gasteiger partial charge in [0.15, 0.2) is 0 Å². The van der Waals surface area contributed by atoms with E-state index in [9.17, 15) is 14.4 Å². The fraction of sp³-hybridized carbons (Fsp3) is 0.444. The average molecular weight is 230 g/mol. The smallest absolute Gasteiger partial charge is 0.352 e. The second-order valence-corrected chi connectivity index (χ2v) is 3.04. The van der Waals surface area contributed by atoms with E-state index in [0.29, 0.717) is 0 Å². The van der Waals surface area contributed by atoms with E-state index in [1.165, 1.54) is 13.0 Å². The summed E-state index contributed by atoms with van der Waals surface area (Å²) in [5, 5.41) is 19.1. The summed E-state index contributed by atoms with van der Waals surface area (Å²) >= 11 is 0. The van der Waals surface area contributed by atoms with E-state index in [2.05, 4.69) is 5.32 Å². The molecule has 0 aromatic heterocycles. The van der Waals surface area contributed by atoms with Crippen molar-refractivity contribution in [1.82, 2.24) is 5.32 Å². The molecule has 0 rings (SSSR count). The van der Waals surface area contributed by atoms with Gasteiger partial charge >= 0.3 is 11.9 Å². The van der Waals surface area contributed by atoms with Gasteiger partial charge in [0.25, 0.3) is 0 Å². The van der Waals surface area contributed by atoms with Crippen molar-refractivity contribution in [3.05, 3.63) is 11.8 Å². The van der Waals surface area contributed by atoms with Gasteiger partial charge in [-0.25, -0.2) is 4.79 Å². The topological polar surface area (TPSA) is 130 Å². The molecule has 0 unspecified atom stereocenters. The van der Waals surface area contributed by atoms with Crippen LogP contribution in [0.3, 0.4) is 0 Å². The summed E-state index contributed by atoms with van der Waals surface area (Å²) in [6.07, 6.45) is 0.925. The molecule has 7 heteroatoms. The molecule has 0 bridgehead atoms. The number of rotatable bonds is 6.